The van der Waals surface area contributed by atoms with Gasteiger partial charge in [0.15, 0.2) is 0 Å². The Bertz CT molecular complexity index is 797. The second-order valence-corrected chi connectivity index (χ2v) is 6.25. The van der Waals surface area contributed by atoms with Gasteiger partial charge in [0.1, 0.15) is 0 Å². The maximum atomic E-state index is 6.32. The van der Waals surface area contributed by atoms with Gasteiger partial charge >= 0.3 is 0 Å². The smallest absolute Gasteiger partial charge is 0.0658 e. The van der Waals surface area contributed by atoms with Crippen molar-refractivity contribution in [2.45, 2.75) is 0 Å². The van der Waals surface area contributed by atoms with Crippen LogP contribution in [-0.4, -0.2) is 7.05 Å². The first-order chi connectivity index (χ1) is 9.11. The fourth-order valence-corrected chi connectivity index (χ4v) is 3.20. The van der Waals surface area contributed by atoms with Gasteiger partial charge in [-0.05, 0) is 35.0 Å². The van der Waals surface area contributed by atoms with Crippen LogP contribution in [0.25, 0.3) is 21.5 Å². The molecule has 0 fully saturated rings. The summed E-state index contributed by atoms with van der Waals surface area (Å²) in [6.45, 7) is 0. The summed E-state index contributed by atoms with van der Waals surface area (Å²) in [5.74, 6) is 0. The van der Waals surface area contributed by atoms with Crippen LogP contribution in [0.3, 0.4) is 0 Å². The standard InChI is InChI=1S/C15H12Br2N2/c1-19-15-13-7-9(17)3-5-11(13)10-4-2-8(16)6-12(10)14(15)18/h2-7,19H,18H2,1H3. The number of nitrogen functional groups attached to an aromatic ring is 1. The molecule has 0 aliphatic carbocycles. The lowest BCUT2D eigenvalue weighted by molar-refractivity contribution is 1.55. The molecule has 3 aromatic rings. The van der Waals surface area contributed by atoms with E-state index in [4.69, 9.17) is 5.73 Å². The van der Waals surface area contributed by atoms with Crippen LogP contribution in [0.15, 0.2) is 45.3 Å². The Labute approximate surface area is 128 Å². The molecule has 0 heterocycles. The van der Waals surface area contributed by atoms with Gasteiger partial charge in [-0.1, -0.05) is 44.0 Å². The number of halogens is 2. The summed E-state index contributed by atoms with van der Waals surface area (Å²) in [5, 5.41) is 7.78. The van der Waals surface area contributed by atoms with E-state index in [2.05, 4.69) is 67.5 Å². The van der Waals surface area contributed by atoms with E-state index in [0.717, 1.165) is 31.1 Å². The van der Waals surface area contributed by atoms with Crippen molar-refractivity contribution in [3.63, 3.8) is 0 Å². The van der Waals surface area contributed by atoms with Crippen LogP contribution in [0.1, 0.15) is 0 Å². The molecule has 4 heteroatoms. The predicted molar refractivity (Wildman–Crippen MR) is 90.8 cm³/mol. The van der Waals surface area contributed by atoms with Crippen molar-refractivity contribution in [1.82, 2.24) is 0 Å². The molecule has 2 nitrogen and oxygen atoms in total. The van der Waals surface area contributed by atoms with Gasteiger partial charge in [0, 0.05) is 26.8 Å². The third kappa shape index (κ3) is 1.99. The summed E-state index contributed by atoms with van der Waals surface area (Å²) < 4.78 is 2.08. The Morgan fingerprint density at radius 3 is 1.95 bits per heavy atom. The van der Waals surface area contributed by atoms with Crippen LogP contribution >= 0.6 is 31.9 Å². The molecule has 0 radical (unpaired) electrons. The van der Waals surface area contributed by atoms with Gasteiger partial charge in [0.2, 0.25) is 0 Å². The van der Waals surface area contributed by atoms with Gasteiger partial charge < -0.3 is 11.1 Å². The number of rotatable bonds is 1. The minimum absolute atomic E-state index is 0.782. The van der Waals surface area contributed by atoms with Crippen LogP contribution in [0, 0.1) is 0 Å². The normalized spacial score (nSPS) is 11.1. The lowest BCUT2D eigenvalue weighted by atomic mass is 9.98. The van der Waals surface area contributed by atoms with Crippen molar-refractivity contribution in [2.75, 3.05) is 18.1 Å². The second kappa shape index (κ2) is 4.69. The summed E-state index contributed by atoms with van der Waals surface area (Å²) >= 11 is 7.03. The van der Waals surface area contributed by atoms with Gasteiger partial charge in [-0.15, -0.1) is 0 Å². The first kappa shape index (κ1) is 12.8. The first-order valence-electron chi connectivity index (χ1n) is 5.89. The third-order valence-electron chi connectivity index (χ3n) is 3.33. The van der Waals surface area contributed by atoms with Gasteiger partial charge in [-0.2, -0.15) is 0 Å². The highest BCUT2D eigenvalue weighted by Crippen LogP contribution is 2.40. The fourth-order valence-electron chi connectivity index (χ4n) is 2.48. The Morgan fingerprint density at radius 1 is 0.842 bits per heavy atom. The van der Waals surface area contributed by atoms with E-state index in [0.29, 0.717) is 0 Å². The van der Waals surface area contributed by atoms with Crippen LogP contribution < -0.4 is 11.1 Å². The molecular formula is C15H12Br2N2. The summed E-state index contributed by atoms with van der Waals surface area (Å²) in [6, 6.07) is 12.5. The van der Waals surface area contributed by atoms with Gasteiger partial charge in [0.05, 0.1) is 11.4 Å². The number of anilines is 2. The highest BCUT2D eigenvalue weighted by molar-refractivity contribution is 9.10. The zero-order valence-corrected chi connectivity index (χ0v) is 13.5. The highest BCUT2D eigenvalue weighted by atomic mass is 79.9. The van der Waals surface area contributed by atoms with Crippen molar-refractivity contribution in [1.29, 1.82) is 0 Å². The predicted octanol–water partition coefficient (Wildman–Crippen LogP) is 5.14. The molecule has 3 N–H and O–H groups in total. The Kier molecular flexibility index (Phi) is 3.15. The van der Waals surface area contributed by atoms with Crippen LogP contribution in [0.5, 0.6) is 0 Å². The van der Waals surface area contributed by atoms with E-state index < -0.39 is 0 Å². The molecule has 0 amide bonds. The molecule has 0 saturated heterocycles. The van der Waals surface area contributed by atoms with Gasteiger partial charge in [-0.3, -0.25) is 0 Å². The van der Waals surface area contributed by atoms with E-state index in [1.807, 2.05) is 13.1 Å². The molecule has 3 aromatic carbocycles. The average molecular weight is 380 g/mol. The van der Waals surface area contributed by atoms with E-state index >= 15 is 0 Å². The largest absolute Gasteiger partial charge is 0.397 e. The summed E-state index contributed by atoms with van der Waals surface area (Å²) in [7, 11) is 1.90. The van der Waals surface area contributed by atoms with Crippen molar-refractivity contribution >= 4 is 64.8 Å². The minimum Gasteiger partial charge on any atom is -0.397 e. The average Bonchev–Trinajstić information content (AvgIpc) is 2.39. The third-order valence-corrected chi connectivity index (χ3v) is 4.32. The van der Waals surface area contributed by atoms with Gasteiger partial charge in [-0.25, -0.2) is 0 Å². The molecule has 0 unspecified atom stereocenters. The molecule has 19 heavy (non-hydrogen) atoms. The Morgan fingerprint density at radius 2 is 1.37 bits per heavy atom. The molecule has 0 atom stereocenters. The molecule has 0 saturated carbocycles. The summed E-state index contributed by atoms with van der Waals surface area (Å²) in [4.78, 5) is 0. The van der Waals surface area contributed by atoms with E-state index in [9.17, 15) is 0 Å². The van der Waals surface area contributed by atoms with Crippen LogP contribution in [0.4, 0.5) is 11.4 Å². The molecule has 3 rings (SSSR count). The first-order valence-corrected chi connectivity index (χ1v) is 7.48. The number of hydrogen-bond acceptors (Lipinski definition) is 2. The highest BCUT2D eigenvalue weighted by Gasteiger charge is 2.11. The van der Waals surface area contributed by atoms with E-state index in [1.165, 1.54) is 10.8 Å². The SMILES string of the molecule is CNc1c(N)c2cc(Br)ccc2c2ccc(Br)cc12. The number of nitrogens with two attached hydrogens (primary N) is 1. The Balaban J connectivity index is 2.60. The van der Waals surface area contributed by atoms with Crippen molar-refractivity contribution in [2.24, 2.45) is 0 Å². The molecule has 0 spiro atoms. The minimum atomic E-state index is 0.782. The van der Waals surface area contributed by atoms with Crippen LogP contribution in [0.2, 0.25) is 0 Å². The molecule has 0 bridgehead atoms. The van der Waals surface area contributed by atoms with Crippen LogP contribution in [-0.2, 0) is 0 Å². The lowest BCUT2D eigenvalue weighted by Crippen LogP contribution is -1.98. The van der Waals surface area contributed by atoms with E-state index in [-0.39, 0.29) is 0 Å². The number of nitrogens with one attached hydrogen (secondary N) is 1. The van der Waals surface area contributed by atoms with Crippen molar-refractivity contribution < 1.29 is 0 Å². The second-order valence-electron chi connectivity index (χ2n) is 4.42. The number of fused-ring (bicyclic) bond motifs is 3. The molecule has 0 aliphatic heterocycles. The van der Waals surface area contributed by atoms with Crippen molar-refractivity contribution in [3.05, 3.63) is 45.3 Å². The van der Waals surface area contributed by atoms with E-state index in [1.54, 1.807) is 0 Å². The monoisotopic (exact) mass is 378 g/mol. The quantitative estimate of drug-likeness (QED) is 0.349. The lowest BCUT2D eigenvalue weighted by Gasteiger charge is -2.14. The maximum absolute atomic E-state index is 6.32. The topological polar surface area (TPSA) is 38.0 Å². The van der Waals surface area contributed by atoms with Crippen molar-refractivity contribution in [3.8, 4) is 0 Å². The number of benzene rings is 3. The maximum Gasteiger partial charge on any atom is 0.0658 e. The molecular weight excluding hydrogens is 368 g/mol. The molecule has 0 aliphatic rings. The summed E-state index contributed by atoms with van der Waals surface area (Å²) in [5.41, 5.74) is 8.07. The zero-order valence-electron chi connectivity index (χ0n) is 10.3. The van der Waals surface area contributed by atoms with Gasteiger partial charge in [0.25, 0.3) is 0 Å². The zero-order chi connectivity index (χ0) is 13.6. The molecule has 96 valence electrons. The fraction of sp³-hybridized carbons (Fsp3) is 0.0667. The summed E-state index contributed by atoms with van der Waals surface area (Å²) in [6.07, 6.45) is 0. The number of hydrogen-bond donors (Lipinski definition) is 2. The Hall–Kier alpha value is -1.26. The molecule has 0 aromatic heterocycles.